The maximum Gasteiger partial charge on any atom is 0.249 e. The van der Waals surface area contributed by atoms with Gasteiger partial charge < -0.3 is 25.7 Å². The molecule has 296 valence electrons. The highest BCUT2D eigenvalue weighted by atomic mass is 16.3. The van der Waals surface area contributed by atoms with Crippen LogP contribution < -0.4 is 5.32 Å². The highest BCUT2D eigenvalue weighted by molar-refractivity contribution is 5.80. The van der Waals surface area contributed by atoms with Crippen LogP contribution in [0, 0.1) is 0 Å². The smallest absolute Gasteiger partial charge is 0.249 e. The van der Waals surface area contributed by atoms with Gasteiger partial charge in [-0.05, 0) is 51.4 Å². The molecule has 0 aromatic heterocycles. The van der Waals surface area contributed by atoms with E-state index in [2.05, 4.69) is 43.5 Å². The van der Waals surface area contributed by atoms with Gasteiger partial charge in [-0.3, -0.25) is 4.79 Å². The van der Waals surface area contributed by atoms with E-state index >= 15 is 0 Å². The Morgan fingerprint density at radius 2 is 0.840 bits per heavy atom. The maximum atomic E-state index is 12.5. The molecule has 1 amide bonds. The number of hydrogen-bond acceptors (Lipinski definition) is 5. The summed E-state index contributed by atoms with van der Waals surface area (Å²) < 4.78 is 0. The normalized spacial score (nSPS) is 14.4. The van der Waals surface area contributed by atoms with Gasteiger partial charge in [-0.2, -0.15) is 0 Å². The van der Waals surface area contributed by atoms with Crippen LogP contribution in [0.15, 0.2) is 24.3 Å². The zero-order valence-corrected chi connectivity index (χ0v) is 33.2. The molecule has 0 aromatic carbocycles. The van der Waals surface area contributed by atoms with E-state index in [-0.39, 0.29) is 0 Å². The number of carbonyl (C=O) groups excluding carboxylic acids is 1. The van der Waals surface area contributed by atoms with Gasteiger partial charge in [0.15, 0.2) is 0 Å². The maximum absolute atomic E-state index is 12.5. The minimum Gasteiger partial charge on any atom is -0.394 e. The molecule has 0 saturated heterocycles. The van der Waals surface area contributed by atoms with Crippen LogP contribution in [0.5, 0.6) is 0 Å². The zero-order valence-electron chi connectivity index (χ0n) is 33.2. The van der Waals surface area contributed by atoms with Crippen LogP contribution in [0.1, 0.15) is 219 Å². The lowest BCUT2D eigenvalue weighted by atomic mass is 10.00. The van der Waals surface area contributed by atoms with Gasteiger partial charge in [-0.15, -0.1) is 0 Å². The molecule has 0 aromatic rings. The molecule has 0 bridgehead atoms. The van der Waals surface area contributed by atoms with Crippen LogP contribution in [0.3, 0.4) is 0 Å². The molecule has 5 N–H and O–H groups in total. The fraction of sp³-hybridized carbons (Fsp3) is 0.886. The average Bonchev–Trinajstić information content (AvgIpc) is 3.12. The Labute approximate surface area is 310 Å². The summed E-state index contributed by atoms with van der Waals surface area (Å²) in [6.07, 6.45) is 43.5. The molecule has 0 aliphatic heterocycles. The molecular formula is C44H85NO5. The van der Waals surface area contributed by atoms with Crippen molar-refractivity contribution < 1.29 is 25.2 Å². The number of carbonyl (C=O) groups is 1. The first kappa shape index (κ1) is 48.8. The topological polar surface area (TPSA) is 110 Å². The van der Waals surface area contributed by atoms with Gasteiger partial charge in [0, 0.05) is 0 Å². The molecule has 6 nitrogen and oxygen atoms in total. The summed E-state index contributed by atoms with van der Waals surface area (Å²) in [7, 11) is 0. The summed E-state index contributed by atoms with van der Waals surface area (Å²) >= 11 is 0. The average molecular weight is 708 g/mol. The molecule has 0 saturated carbocycles. The number of amides is 1. The lowest BCUT2D eigenvalue weighted by Crippen LogP contribution is -2.53. The van der Waals surface area contributed by atoms with Crippen molar-refractivity contribution in [2.45, 2.75) is 244 Å². The summed E-state index contributed by atoms with van der Waals surface area (Å²) in [5.41, 5.74) is 0. The molecule has 0 radical (unpaired) electrons. The molecule has 4 unspecified atom stereocenters. The van der Waals surface area contributed by atoms with Gasteiger partial charge in [0.25, 0.3) is 0 Å². The minimum absolute atomic E-state index is 0.363. The predicted molar refractivity (Wildman–Crippen MR) is 214 cm³/mol. The van der Waals surface area contributed by atoms with Gasteiger partial charge in [0.1, 0.15) is 12.2 Å². The summed E-state index contributed by atoms with van der Waals surface area (Å²) in [4.78, 5) is 12.5. The standard InChI is InChI=1S/C44H85NO5/c1-3-5-7-9-11-13-15-17-19-20-21-22-23-24-26-27-29-31-33-35-37-41(47)43(49)40(39-46)45-44(50)42(48)38-36-34-32-30-28-25-18-16-14-12-10-8-6-4-2/h23-24,29,31,40-43,46-49H,3-22,25-28,30,32-39H2,1-2H3,(H,45,50)/b24-23+,31-29+. The number of hydrogen-bond donors (Lipinski definition) is 5. The number of allylic oxidation sites excluding steroid dienone is 4. The van der Waals surface area contributed by atoms with E-state index in [1.54, 1.807) is 0 Å². The lowest BCUT2D eigenvalue weighted by Gasteiger charge is -2.27. The van der Waals surface area contributed by atoms with E-state index in [0.29, 0.717) is 19.3 Å². The molecule has 0 aliphatic carbocycles. The first-order valence-electron chi connectivity index (χ1n) is 21.7. The van der Waals surface area contributed by atoms with Gasteiger partial charge in [0.2, 0.25) is 5.91 Å². The van der Waals surface area contributed by atoms with Crippen molar-refractivity contribution in [2.75, 3.05) is 6.61 Å². The van der Waals surface area contributed by atoms with Crippen molar-refractivity contribution in [3.8, 4) is 0 Å². The Hall–Kier alpha value is -1.21. The van der Waals surface area contributed by atoms with E-state index in [1.807, 2.05) is 0 Å². The summed E-state index contributed by atoms with van der Waals surface area (Å²) in [6.45, 7) is 4.03. The van der Waals surface area contributed by atoms with E-state index in [1.165, 1.54) is 148 Å². The fourth-order valence-corrected chi connectivity index (χ4v) is 6.66. The van der Waals surface area contributed by atoms with Crippen molar-refractivity contribution in [2.24, 2.45) is 0 Å². The van der Waals surface area contributed by atoms with E-state index in [4.69, 9.17) is 0 Å². The van der Waals surface area contributed by atoms with Crippen molar-refractivity contribution in [1.29, 1.82) is 0 Å². The van der Waals surface area contributed by atoms with Crippen molar-refractivity contribution in [1.82, 2.24) is 5.32 Å². The van der Waals surface area contributed by atoms with Crippen LogP contribution in [-0.2, 0) is 4.79 Å². The lowest BCUT2D eigenvalue weighted by molar-refractivity contribution is -0.132. The Bertz CT molecular complexity index is 757. The van der Waals surface area contributed by atoms with Gasteiger partial charge >= 0.3 is 0 Å². The molecule has 50 heavy (non-hydrogen) atoms. The third kappa shape index (κ3) is 32.7. The van der Waals surface area contributed by atoms with E-state index in [9.17, 15) is 25.2 Å². The molecular weight excluding hydrogens is 622 g/mol. The highest BCUT2D eigenvalue weighted by Gasteiger charge is 2.28. The molecule has 4 atom stereocenters. The second kappa shape index (κ2) is 39.0. The predicted octanol–water partition coefficient (Wildman–Crippen LogP) is 11.2. The van der Waals surface area contributed by atoms with Crippen LogP contribution in [0.4, 0.5) is 0 Å². The van der Waals surface area contributed by atoms with Gasteiger partial charge in [-0.1, -0.05) is 192 Å². The summed E-state index contributed by atoms with van der Waals surface area (Å²) in [6, 6.07) is -1.00. The first-order chi connectivity index (χ1) is 24.5. The molecule has 0 spiro atoms. The Kier molecular flexibility index (Phi) is 38.1. The highest BCUT2D eigenvalue weighted by Crippen LogP contribution is 2.15. The third-order valence-electron chi connectivity index (χ3n) is 10.1. The van der Waals surface area contributed by atoms with Crippen molar-refractivity contribution >= 4 is 5.91 Å². The Morgan fingerprint density at radius 3 is 1.26 bits per heavy atom. The SMILES string of the molecule is CCCCCCCCCCCCC/C=C/CC/C=C/CCCC(O)C(O)C(CO)NC(=O)C(O)CCCCCCCCCCCCCCCC. The molecule has 6 heteroatoms. The first-order valence-corrected chi connectivity index (χ1v) is 21.7. The molecule has 0 aliphatic rings. The Balaban J connectivity index is 3.80. The van der Waals surface area contributed by atoms with Crippen LogP contribution >= 0.6 is 0 Å². The number of rotatable bonds is 39. The van der Waals surface area contributed by atoms with Gasteiger partial charge in [-0.25, -0.2) is 0 Å². The minimum atomic E-state index is -1.29. The second-order valence-corrected chi connectivity index (χ2v) is 15.0. The van der Waals surface area contributed by atoms with E-state index in [0.717, 1.165) is 38.5 Å². The van der Waals surface area contributed by atoms with Gasteiger partial charge in [0.05, 0.1) is 18.8 Å². The Morgan fingerprint density at radius 1 is 0.480 bits per heavy atom. The molecule has 0 rings (SSSR count). The van der Waals surface area contributed by atoms with Crippen molar-refractivity contribution in [3.05, 3.63) is 24.3 Å². The largest absolute Gasteiger partial charge is 0.394 e. The van der Waals surface area contributed by atoms with Crippen LogP contribution in [-0.4, -0.2) is 57.3 Å². The fourth-order valence-electron chi connectivity index (χ4n) is 6.66. The summed E-state index contributed by atoms with van der Waals surface area (Å²) in [5, 5.41) is 43.6. The third-order valence-corrected chi connectivity index (χ3v) is 10.1. The summed E-state index contributed by atoms with van der Waals surface area (Å²) in [5.74, 6) is -0.597. The van der Waals surface area contributed by atoms with Crippen molar-refractivity contribution in [3.63, 3.8) is 0 Å². The quantitative estimate of drug-likeness (QED) is 0.0323. The second-order valence-electron chi connectivity index (χ2n) is 15.0. The molecule has 0 fully saturated rings. The number of aliphatic hydroxyl groups excluding tert-OH is 4. The van der Waals surface area contributed by atoms with Crippen LogP contribution in [0.25, 0.3) is 0 Å². The van der Waals surface area contributed by atoms with Crippen LogP contribution in [0.2, 0.25) is 0 Å². The van der Waals surface area contributed by atoms with E-state index < -0.39 is 36.9 Å². The zero-order chi connectivity index (χ0) is 36.8. The molecule has 0 heterocycles. The number of nitrogens with one attached hydrogen (secondary N) is 1. The number of unbranched alkanes of at least 4 members (excludes halogenated alkanes) is 26. The monoisotopic (exact) mass is 708 g/mol. The number of aliphatic hydroxyl groups is 4.